The number of aliphatic hydroxyl groups is 2. The molecule has 0 bridgehead atoms. The fourth-order valence-electron chi connectivity index (χ4n) is 3.64. The molecule has 1 unspecified atom stereocenters. The molecule has 182 valence electrons. The second kappa shape index (κ2) is 8.66. The maximum Gasteiger partial charge on any atom is 0.343 e. The first kappa shape index (κ1) is 23.6. The smallest absolute Gasteiger partial charge is 0.343 e. The molecule has 2 aromatic heterocycles. The molecule has 12 heteroatoms. The number of esters is 1. The number of hydrogen-bond acceptors (Lipinski definition) is 11. The summed E-state index contributed by atoms with van der Waals surface area (Å²) in [6.07, 6.45) is 0.803. The molecule has 0 aliphatic heterocycles. The molecular formula is C23H19NO11. The van der Waals surface area contributed by atoms with Crippen LogP contribution in [-0.4, -0.2) is 60.5 Å². The van der Waals surface area contributed by atoms with Crippen LogP contribution in [0, 0.1) is 0 Å². The molecule has 0 aliphatic rings. The Kier molecular flexibility index (Phi) is 5.84. The summed E-state index contributed by atoms with van der Waals surface area (Å²) < 4.78 is 11.7. The van der Waals surface area contributed by atoms with Crippen LogP contribution in [0.3, 0.4) is 0 Å². The highest BCUT2D eigenvalue weighted by Gasteiger charge is 2.26. The van der Waals surface area contributed by atoms with Crippen LogP contribution in [0.4, 0.5) is 0 Å². The van der Waals surface area contributed by atoms with Gasteiger partial charge in [-0.05, 0) is 6.07 Å². The molecule has 1 atom stereocenters. The molecule has 6 N–H and O–H groups in total. The Morgan fingerprint density at radius 3 is 2.40 bits per heavy atom. The van der Waals surface area contributed by atoms with Crippen LogP contribution in [0.2, 0.25) is 0 Å². The van der Waals surface area contributed by atoms with Crippen LogP contribution in [0.15, 0.2) is 44.7 Å². The largest absolute Gasteiger partial charge is 0.504 e. The van der Waals surface area contributed by atoms with Crippen molar-refractivity contribution in [2.75, 3.05) is 13.2 Å². The number of aryl methyl sites for hydroxylation is 1. The van der Waals surface area contributed by atoms with Crippen molar-refractivity contribution in [1.82, 2.24) is 4.57 Å². The normalized spacial score (nSPS) is 12.2. The van der Waals surface area contributed by atoms with Crippen molar-refractivity contribution >= 4 is 27.8 Å². The van der Waals surface area contributed by atoms with Crippen molar-refractivity contribution in [1.29, 1.82) is 0 Å². The molecule has 2 heterocycles. The maximum atomic E-state index is 13.4. The van der Waals surface area contributed by atoms with E-state index in [1.165, 1.54) is 23.9 Å². The first-order valence-corrected chi connectivity index (χ1v) is 10.1. The molecule has 0 amide bonds. The number of rotatable bonds is 5. The number of hydrogen-bond donors (Lipinski definition) is 6. The van der Waals surface area contributed by atoms with Gasteiger partial charge in [-0.1, -0.05) is 0 Å². The minimum absolute atomic E-state index is 0.0222. The van der Waals surface area contributed by atoms with E-state index >= 15 is 0 Å². The lowest BCUT2D eigenvalue weighted by atomic mass is 10.0. The standard InChI is InChI=1S/C23H19NO11/c1-24-5-11(20(30)10-2-14(27)15(28)3-13(10)24)12-8-34-17-4-16(29)22(32)19(18(17)21(12)31)23(33)35-7-9(26)6-25/h2-5,8-9,25-29,32H,6-7H2,1H3. The first-order valence-electron chi connectivity index (χ1n) is 10.1. The van der Waals surface area contributed by atoms with Crippen LogP contribution < -0.4 is 10.9 Å². The number of phenolic OH excluding ortho intramolecular Hbond substituents is 4. The number of aliphatic hydroxyl groups excluding tert-OH is 2. The molecule has 12 nitrogen and oxygen atoms in total. The molecule has 0 saturated carbocycles. The quantitative estimate of drug-likeness (QED) is 0.171. The van der Waals surface area contributed by atoms with Gasteiger partial charge in [0.25, 0.3) is 0 Å². The third-order valence-electron chi connectivity index (χ3n) is 5.42. The van der Waals surface area contributed by atoms with Gasteiger partial charge in [0.1, 0.15) is 30.1 Å². The summed E-state index contributed by atoms with van der Waals surface area (Å²) in [5.74, 6) is -4.08. The third-order valence-corrected chi connectivity index (χ3v) is 5.42. The van der Waals surface area contributed by atoms with Gasteiger partial charge >= 0.3 is 5.97 Å². The Balaban J connectivity index is 1.99. The summed E-state index contributed by atoms with van der Waals surface area (Å²) in [6, 6.07) is 3.11. The van der Waals surface area contributed by atoms with E-state index < -0.39 is 70.1 Å². The SMILES string of the molecule is Cn1cc(-c2coc3cc(O)c(O)c(C(=O)OCC(O)CO)c3c2=O)c(=O)c2cc(O)c(O)cc21. The zero-order valence-electron chi connectivity index (χ0n) is 18.1. The van der Waals surface area contributed by atoms with Crippen molar-refractivity contribution in [3.63, 3.8) is 0 Å². The summed E-state index contributed by atoms with van der Waals surface area (Å²) >= 11 is 0. The van der Waals surface area contributed by atoms with Crippen LogP contribution >= 0.6 is 0 Å². The molecule has 35 heavy (non-hydrogen) atoms. The van der Waals surface area contributed by atoms with Gasteiger partial charge in [-0.2, -0.15) is 0 Å². The predicted octanol–water partition coefficient (Wildman–Crippen LogP) is 0.644. The Labute approximate surface area is 194 Å². The Bertz CT molecular complexity index is 1620. The van der Waals surface area contributed by atoms with Gasteiger partial charge in [0.05, 0.1) is 34.0 Å². The first-order chi connectivity index (χ1) is 16.5. The van der Waals surface area contributed by atoms with E-state index in [9.17, 15) is 39.9 Å². The van der Waals surface area contributed by atoms with Gasteiger partial charge in [0, 0.05) is 25.4 Å². The fraction of sp³-hybridized carbons (Fsp3) is 0.174. The topological polar surface area (TPSA) is 200 Å². The average molecular weight is 485 g/mol. The highest BCUT2D eigenvalue weighted by molar-refractivity contribution is 6.07. The molecule has 0 spiro atoms. The molecule has 4 rings (SSSR count). The Hall–Kier alpha value is -4.55. The van der Waals surface area contributed by atoms with Gasteiger partial charge in [-0.25, -0.2) is 4.79 Å². The zero-order valence-corrected chi connectivity index (χ0v) is 18.1. The number of aromatic hydroxyl groups is 4. The lowest BCUT2D eigenvalue weighted by Gasteiger charge is -2.13. The van der Waals surface area contributed by atoms with Crippen molar-refractivity contribution in [3.05, 3.63) is 56.7 Å². The van der Waals surface area contributed by atoms with E-state index in [0.717, 1.165) is 18.4 Å². The van der Waals surface area contributed by atoms with Crippen molar-refractivity contribution < 1.29 is 44.6 Å². The molecular weight excluding hydrogens is 466 g/mol. The highest BCUT2D eigenvalue weighted by Crippen LogP contribution is 2.36. The van der Waals surface area contributed by atoms with Gasteiger partial charge in [0.15, 0.2) is 28.4 Å². The summed E-state index contributed by atoms with van der Waals surface area (Å²) in [4.78, 5) is 39.2. The number of nitrogens with zero attached hydrogens (tertiary/aromatic N) is 1. The van der Waals surface area contributed by atoms with Crippen LogP contribution in [0.5, 0.6) is 23.0 Å². The van der Waals surface area contributed by atoms with E-state index in [4.69, 9.17) is 14.3 Å². The molecule has 0 radical (unpaired) electrons. The second-order valence-corrected chi connectivity index (χ2v) is 7.75. The van der Waals surface area contributed by atoms with E-state index in [-0.39, 0.29) is 27.6 Å². The molecule has 4 aromatic rings. The van der Waals surface area contributed by atoms with Crippen molar-refractivity contribution in [3.8, 4) is 34.1 Å². The molecule has 0 aliphatic carbocycles. The number of carbonyl (C=O) groups is 1. The summed E-state index contributed by atoms with van der Waals surface area (Å²) in [5.41, 5.74) is -2.90. The number of phenols is 4. The van der Waals surface area contributed by atoms with Crippen molar-refractivity contribution in [2.45, 2.75) is 6.10 Å². The predicted molar refractivity (Wildman–Crippen MR) is 121 cm³/mol. The third kappa shape index (κ3) is 3.90. The average Bonchev–Trinajstić information content (AvgIpc) is 2.82. The lowest BCUT2D eigenvalue weighted by molar-refractivity contribution is 0.00924. The number of pyridine rings is 1. The van der Waals surface area contributed by atoms with E-state index in [0.29, 0.717) is 0 Å². The summed E-state index contributed by atoms with van der Waals surface area (Å²) in [7, 11) is 1.53. The van der Waals surface area contributed by atoms with Gasteiger partial charge in [-0.15, -0.1) is 0 Å². The fourth-order valence-corrected chi connectivity index (χ4v) is 3.64. The van der Waals surface area contributed by atoms with E-state index in [2.05, 4.69) is 0 Å². The highest BCUT2D eigenvalue weighted by atomic mass is 16.5. The minimum Gasteiger partial charge on any atom is -0.504 e. The van der Waals surface area contributed by atoms with Crippen molar-refractivity contribution in [2.24, 2.45) is 7.05 Å². The van der Waals surface area contributed by atoms with Gasteiger partial charge in [0.2, 0.25) is 5.43 Å². The van der Waals surface area contributed by atoms with Gasteiger partial charge < -0.3 is 44.4 Å². The Morgan fingerprint density at radius 1 is 1.03 bits per heavy atom. The van der Waals surface area contributed by atoms with Crippen LogP contribution in [-0.2, 0) is 11.8 Å². The number of carbonyl (C=O) groups excluding carboxylic acids is 1. The monoisotopic (exact) mass is 485 g/mol. The molecule has 0 fully saturated rings. The minimum atomic E-state index is -1.42. The summed E-state index contributed by atoms with van der Waals surface area (Å²) in [5, 5.41) is 57.7. The second-order valence-electron chi connectivity index (χ2n) is 7.75. The van der Waals surface area contributed by atoms with Crippen LogP contribution in [0.1, 0.15) is 10.4 Å². The maximum absolute atomic E-state index is 13.4. The molecule has 2 aromatic carbocycles. The van der Waals surface area contributed by atoms with E-state index in [1.54, 1.807) is 0 Å². The van der Waals surface area contributed by atoms with Gasteiger partial charge in [-0.3, -0.25) is 9.59 Å². The molecule has 0 saturated heterocycles. The summed E-state index contributed by atoms with van der Waals surface area (Å²) in [6.45, 7) is -1.39. The zero-order chi connectivity index (χ0) is 25.6. The Morgan fingerprint density at radius 2 is 1.71 bits per heavy atom. The van der Waals surface area contributed by atoms with E-state index in [1.807, 2.05) is 0 Å². The number of benzene rings is 2. The van der Waals surface area contributed by atoms with Crippen LogP contribution in [0.25, 0.3) is 33.0 Å². The number of aromatic nitrogens is 1. The number of ether oxygens (including phenoxy) is 1. The lowest BCUT2D eigenvalue weighted by Crippen LogP contribution is -2.23. The number of fused-ring (bicyclic) bond motifs is 2.